The van der Waals surface area contributed by atoms with Crippen molar-refractivity contribution in [1.82, 2.24) is 9.97 Å². The summed E-state index contributed by atoms with van der Waals surface area (Å²) in [4.78, 5) is 12.9. The summed E-state index contributed by atoms with van der Waals surface area (Å²) in [5.41, 5.74) is 8.60. The molecule has 4 aromatic rings. The summed E-state index contributed by atoms with van der Waals surface area (Å²) in [6.07, 6.45) is 4.08. The van der Waals surface area contributed by atoms with Crippen LogP contribution in [0.5, 0.6) is 0 Å². The molecule has 6 heteroatoms. The van der Waals surface area contributed by atoms with Gasteiger partial charge in [0.1, 0.15) is 5.82 Å². The molecule has 0 fully saturated rings. The lowest BCUT2D eigenvalue weighted by molar-refractivity contribution is 0.0855. The molecule has 0 spiro atoms. The summed E-state index contributed by atoms with van der Waals surface area (Å²) in [5, 5.41) is 0. The van der Waals surface area contributed by atoms with Gasteiger partial charge in [-0.15, -0.1) is 0 Å². The van der Waals surface area contributed by atoms with Crippen LogP contribution in [0.2, 0.25) is 0 Å². The highest BCUT2D eigenvalue weighted by atomic mass is 16.5. The normalized spacial score (nSPS) is 11.3. The van der Waals surface area contributed by atoms with Crippen molar-refractivity contribution in [3.63, 3.8) is 0 Å². The summed E-state index contributed by atoms with van der Waals surface area (Å²) in [6.45, 7) is 1.77. The number of H-pyrrole nitrogens is 1. The van der Waals surface area contributed by atoms with E-state index >= 15 is 0 Å². The van der Waals surface area contributed by atoms with Crippen molar-refractivity contribution in [2.75, 3.05) is 64.9 Å². The van der Waals surface area contributed by atoms with Crippen molar-refractivity contribution >= 4 is 17.5 Å². The lowest BCUT2D eigenvalue weighted by Gasteiger charge is -2.13. The number of hydrogen-bond donors (Lipinski definition) is 1. The van der Waals surface area contributed by atoms with Crippen LogP contribution in [0.3, 0.4) is 0 Å². The monoisotopic (exact) mass is 496 g/mol. The number of anilines is 2. The molecule has 3 aromatic carbocycles. The Morgan fingerprint density at radius 3 is 1.86 bits per heavy atom. The summed E-state index contributed by atoms with van der Waals surface area (Å²) < 4.78 is 10.5. The quantitative estimate of drug-likeness (QED) is 0.250. The van der Waals surface area contributed by atoms with Crippen LogP contribution in [0.4, 0.5) is 11.4 Å². The van der Waals surface area contributed by atoms with E-state index in [4.69, 9.17) is 14.5 Å². The van der Waals surface area contributed by atoms with Gasteiger partial charge in [-0.2, -0.15) is 0 Å². The molecule has 0 atom stereocenters. The third-order valence-electron chi connectivity index (χ3n) is 6.17. The first-order valence-electron chi connectivity index (χ1n) is 12.5. The molecule has 1 aromatic heterocycles. The zero-order valence-corrected chi connectivity index (χ0v) is 22.4. The topological polar surface area (TPSA) is 53.6 Å². The first kappa shape index (κ1) is 26.2. The molecule has 0 saturated heterocycles. The molecule has 0 unspecified atom stereocenters. The molecule has 0 bridgehead atoms. The molecule has 0 saturated carbocycles. The number of benzene rings is 3. The standard InChI is InChI=1S/C31H36N4O2/c1-34(2)27-16-12-24(13-17-27)29-30(25-14-18-28(19-15-25)35(3)4)33-31(32-29)26-10-8-23(9-11-26)7-6-20-37-22-21-36-5/h6-19H,20-22H2,1-5H3,(H,32,33). The van der Waals surface area contributed by atoms with Crippen molar-refractivity contribution in [3.05, 3.63) is 84.4 Å². The van der Waals surface area contributed by atoms with Crippen LogP contribution in [-0.4, -0.2) is 65.1 Å². The highest BCUT2D eigenvalue weighted by Crippen LogP contribution is 2.34. The number of methoxy groups -OCH3 is 1. The maximum Gasteiger partial charge on any atom is 0.138 e. The summed E-state index contributed by atoms with van der Waals surface area (Å²) in [5.74, 6) is 0.844. The van der Waals surface area contributed by atoms with Gasteiger partial charge in [-0.1, -0.05) is 60.7 Å². The summed E-state index contributed by atoms with van der Waals surface area (Å²) >= 11 is 0. The van der Waals surface area contributed by atoms with E-state index < -0.39 is 0 Å². The van der Waals surface area contributed by atoms with Crippen molar-refractivity contribution in [3.8, 4) is 33.9 Å². The molecule has 4 rings (SSSR count). The van der Waals surface area contributed by atoms with E-state index in [1.54, 1.807) is 7.11 Å². The van der Waals surface area contributed by atoms with E-state index in [2.05, 4.69) is 93.7 Å². The zero-order valence-electron chi connectivity index (χ0n) is 22.4. The molecule has 0 radical (unpaired) electrons. The molecule has 0 aliphatic carbocycles. The van der Waals surface area contributed by atoms with Gasteiger partial charge >= 0.3 is 0 Å². The Kier molecular flexibility index (Phi) is 8.77. The summed E-state index contributed by atoms with van der Waals surface area (Å²) in [7, 11) is 9.87. The van der Waals surface area contributed by atoms with Crippen LogP contribution < -0.4 is 9.80 Å². The Hall–Kier alpha value is -3.87. The van der Waals surface area contributed by atoms with Crippen molar-refractivity contribution < 1.29 is 9.47 Å². The average Bonchev–Trinajstić information content (AvgIpc) is 3.36. The molecule has 37 heavy (non-hydrogen) atoms. The van der Waals surface area contributed by atoms with Gasteiger partial charge in [-0.25, -0.2) is 4.98 Å². The Morgan fingerprint density at radius 1 is 0.730 bits per heavy atom. The fourth-order valence-corrected chi connectivity index (χ4v) is 4.00. The zero-order chi connectivity index (χ0) is 26.2. The Morgan fingerprint density at radius 2 is 1.30 bits per heavy atom. The predicted molar refractivity (Wildman–Crippen MR) is 155 cm³/mol. The van der Waals surface area contributed by atoms with Gasteiger partial charge in [-0.05, 0) is 29.8 Å². The van der Waals surface area contributed by atoms with Gasteiger partial charge < -0.3 is 24.3 Å². The van der Waals surface area contributed by atoms with Crippen LogP contribution in [-0.2, 0) is 9.47 Å². The third kappa shape index (κ3) is 6.67. The second-order valence-corrected chi connectivity index (χ2v) is 9.28. The lowest BCUT2D eigenvalue weighted by Crippen LogP contribution is -2.08. The van der Waals surface area contributed by atoms with Crippen LogP contribution in [0.25, 0.3) is 40.0 Å². The number of nitrogens with zero attached hydrogens (tertiary/aromatic N) is 3. The van der Waals surface area contributed by atoms with E-state index in [0.29, 0.717) is 19.8 Å². The number of aromatic nitrogens is 2. The first-order valence-corrected chi connectivity index (χ1v) is 12.5. The number of ether oxygens (including phenoxy) is 2. The van der Waals surface area contributed by atoms with Gasteiger partial charge in [-0.3, -0.25) is 0 Å². The second-order valence-electron chi connectivity index (χ2n) is 9.28. The minimum Gasteiger partial charge on any atom is -0.382 e. The van der Waals surface area contributed by atoms with E-state index in [1.165, 1.54) is 0 Å². The average molecular weight is 497 g/mol. The van der Waals surface area contributed by atoms with Crippen LogP contribution in [0.1, 0.15) is 5.56 Å². The molecular weight excluding hydrogens is 460 g/mol. The van der Waals surface area contributed by atoms with Gasteiger partial charge in [0.05, 0.1) is 31.2 Å². The SMILES string of the molecule is COCCOCC=Cc1ccc(-c2nc(-c3ccc(N(C)C)cc3)c(-c3ccc(N(C)C)cc3)[nH]2)cc1. The number of rotatable bonds is 11. The highest BCUT2D eigenvalue weighted by molar-refractivity contribution is 5.82. The maximum atomic E-state index is 5.50. The predicted octanol–water partition coefficient (Wildman–Crippen LogP) is 6.22. The van der Waals surface area contributed by atoms with E-state index in [0.717, 1.165) is 50.8 Å². The van der Waals surface area contributed by atoms with Gasteiger partial charge in [0.2, 0.25) is 0 Å². The molecule has 1 heterocycles. The van der Waals surface area contributed by atoms with E-state index in [9.17, 15) is 0 Å². The fraction of sp³-hybridized carbons (Fsp3) is 0.258. The second kappa shape index (κ2) is 12.4. The number of hydrogen-bond acceptors (Lipinski definition) is 5. The lowest BCUT2D eigenvalue weighted by atomic mass is 10.0. The smallest absolute Gasteiger partial charge is 0.138 e. The van der Waals surface area contributed by atoms with Crippen molar-refractivity contribution in [2.45, 2.75) is 0 Å². The van der Waals surface area contributed by atoms with Crippen molar-refractivity contribution in [1.29, 1.82) is 0 Å². The number of nitrogens with one attached hydrogen (secondary N) is 1. The molecule has 0 aliphatic rings. The molecule has 6 nitrogen and oxygen atoms in total. The van der Waals surface area contributed by atoms with Gasteiger partial charge in [0, 0.05) is 63.4 Å². The van der Waals surface area contributed by atoms with Crippen LogP contribution in [0.15, 0.2) is 78.9 Å². The number of aromatic amines is 1. The van der Waals surface area contributed by atoms with E-state index in [1.807, 2.05) is 34.3 Å². The van der Waals surface area contributed by atoms with E-state index in [-0.39, 0.29) is 0 Å². The Labute approximate surface area is 220 Å². The molecule has 1 N–H and O–H groups in total. The van der Waals surface area contributed by atoms with Crippen LogP contribution >= 0.6 is 0 Å². The molecule has 192 valence electrons. The van der Waals surface area contributed by atoms with Crippen LogP contribution in [0, 0.1) is 0 Å². The summed E-state index contributed by atoms with van der Waals surface area (Å²) in [6, 6.07) is 25.5. The van der Waals surface area contributed by atoms with Gasteiger partial charge in [0.15, 0.2) is 0 Å². The highest BCUT2D eigenvalue weighted by Gasteiger charge is 2.16. The largest absolute Gasteiger partial charge is 0.382 e. The molecular formula is C31H36N4O2. The molecule has 0 aliphatic heterocycles. The third-order valence-corrected chi connectivity index (χ3v) is 6.17. The first-order chi connectivity index (χ1) is 18.0. The minimum atomic E-state index is 0.565. The van der Waals surface area contributed by atoms with Crippen molar-refractivity contribution in [2.24, 2.45) is 0 Å². The minimum absolute atomic E-state index is 0.565. The Bertz CT molecular complexity index is 1220. The number of imidazole rings is 1. The maximum absolute atomic E-state index is 5.50. The molecule has 0 amide bonds. The fourth-order valence-electron chi connectivity index (χ4n) is 4.00. The Balaban J connectivity index is 1.63. The van der Waals surface area contributed by atoms with Gasteiger partial charge in [0.25, 0.3) is 0 Å².